The topological polar surface area (TPSA) is 66.3 Å². The van der Waals surface area contributed by atoms with E-state index in [-0.39, 0.29) is 5.69 Å². The summed E-state index contributed by atoms with van der Waals surface area (Å²) in [5, 5.41) is 8.80. The summed E-state index contributed by atoms with van der Waals surface area (Å²) < 4.78 is 0. The van der Waals surface area contributed by atoms with Crippen molar-refractivity contribution >= 4 is 11.8 Å². The van der Waals surface area contributed by atoms with Gasteiger partial charge in [-0.05, 0) is 31.6 Å². The monoisotopic (exact) mass is 263 g/mol. The third-order valence-corrected chi connectivity index (χ3v) is 4.16. The molecule has 5 nitrogen and oxygen atoms in total. The first-order chi connectivity index (χ1) is 9.11. The molecule has 104 valence electrons. The zero-order chi connectivity index (χ0) is 13.8. The summed E-state index contributed by atoms with van der Waals surface area (Å²) in [6, 6.07) is 0.493. The second-order valence-corrected chi connectivity index (χ2v) is 5.26. The Morgan fingerprint density at radius 3 is 2.47 bits per heavy atom. The van der Waals surface area contributed by atoms with Crippen LogP contribution in [0.5, 0.6) is 0 Å². The lowest BCUT2D eigenvalue weighted by Gasteiger charge is -2.34. The van der Waals surface area contributed by atoms with Gasteiger partial charge in [0.15, 0.2) is 5.69 Å². The highest BCUT2D eigenvalue weighted by atomic mass is 16.4. The SMILES string of the molecule is CCC1CCC(N(C)c2cnc(C(=O)O)cn2)CC1. The van der Waals surface area contributed by atoms with Crippen LogP contribution in [0.2, 0.25) is 0 Å². The number of anilines is 1. The van der Waals surface area contributed by atoms with E-state index in [1.54, 1.807) is 6.20 Å². The molecule has 1 fully saturated rings. The fraction of sp³-hybridized carbons (Fsp3) is 0.643. The second-order valence-electron chi connectivity index (χ2n) is 5.26. The fourth-order valence-corrected chi connectivity index (χ4v) is 2.74. The molecule has 0 spiro atoms. The Hall–Kier alpha value is -1.65. The third-order valence-electron chi connectivity index (χ3n) is 4.16. The van der Waals surface area contributed by atoms with Gasteiger partial charge < -0.3 is 10.0 Å². The van der Waals surface area contributed by atoms with E-state index in [1.165, 1.54) is 38.3 Å². The molecule has 0 amide bonds. The molecule has 0 radical (unpaired) electrons. The molecule has 1 aliphatic rings. The standard InChI is InChI=1S/C14H21N3O2/c1-3-10-4-6-11(7-5-10)17(2)13-9-15-12(8-16-13)14(18)19/h8-11H,3-7H2,1-2H3,(H,18,19). The van der Waals surface area contributed by atoms with Crippen molar-refractivity contribution in [2.24, 2.45) is 5.92 Å². The van der Waals surface area contributed by atoms with Crippen LogP contribution in [0.25, 0.3) is 0 Å². The number of aromatic carboxylic acids is 1. The summed E-state index contributed by atoms with van der Waals surface area (Å²) in [6.07, 6.45) is 9.04. The summed E-state index contributed by atoms with van der Waals surface area (Å²) in [7, 11) is 2.02. The number of aromatic nitrogens is 2. The number of carboxylic acids is 1. The number of carboxylic acid groups (broad SMARTS) is 1. The molecule has 1 heterocycles. The van der Waals surface area contributed by atoms with Gasteiger partial charge in [0.1, 0.15) is 5.82 Å². The van der Waals surface area contributed by atoms with Crippen LogP contribution in [0, 0.1) is 5.92 Å². The van der Waals surface area contributed by atoms with Gasteiger partial charge in [-0.2, -0.15) is 0 Å². The molecule has 0 aromatic carbocycles. The minimum Gasteiger partial charge on any atom is -0.476 e. The summed E-state index contributed by atoms with van der Waals surface area (Å²) in [5.74, 6) is 0.584. The molecule has 0 aliphatic heterocycles. The molecule has 1 aliphatic carbocycles. The lowest BCUT2D eigenvalue weighted by molar-refractivity contribution is 0.0690. The quantitative estimate of drug-likeness (QED) is 0.904. The van der Waals surface area contributed by atoms with E-state index in [4.69, 9.17) is 5.11 Å². The molecule has 0 atom stereocenters. The van der Waals surface area contributed by atoms with Gasteiger partial charge in [-0.15, -0.1) is 0 Å². The molecule has 1 aromatic rings. The molecule has 1 aromatic heterocycles. The van der Waals surface area contributed by atoms with Crippen molar-refractivity contribution in [2.75, 3.05) is 11.9 Å². The summed E-state index contributed by atoms with van der Waals surface area (Å²) in [4.78, 5) is 21.0. The van der Waals surface area contributed by atoms with Crippen molar-refractivity contribution in [3.05, 3.63) is 18.1 Å². The van der Waals surface area contributed by atoms with Crippen LogP contribution < -0.4 is 4.90 Å². The van der Waals surface area contributed by atoms with E-state index in [1.807, 2.05) is 7.05 Å². The minimum absolute atomic E-state index is 0.00755. The van der Waals surface area contributed by atoms with Gasteiger partial charge in [0, 0.05) is 13.1 Å². The van der Waals surface area contributed by atoms with Crippen LogP contribution in [-0.2, 0) is 0 Å². The number of hydrogen-bond acceptors (Lipinski definition) is 4. The molecule has 19 heavy (non-hydrogen) atoms. The first-order valence-corrected chi connectivity index (χ1v) is 6.90. The third kappa shape index (κ3) is 3.22. The highest BCUT2D eigenvalue weighted by molar-refractivity contribution is 5.84. The molecule has 1 saturated carbocycles. The Balaban J connectivity index is 1.99. The Morgan fingerprint density at radius 1 is 1.32 bits per heavy atom. The Bertz CT molecular complexity index is 425. The maximum absolute atomic E-state index is 10.7. The van der Waals surface area contributed by atoms with E-state index in [2.05, 4.69) is 21.8 Å². The Morgan fingerprint density at radius 2 is 2.00 bits per heavy atom. The summed E-state index contributed by atoms with van der Waals surface area (Å²) in [6.45, 7) is 2.25. The van der Waals surface area contributed by atoms with Crippen LogP contribution in [0.1, 0.15) is 49.5 Å². The zero-order valence-corrected chi connectivity index (χ0v) is 11.5. The van der Waals surface area contributed by atoms with Crippen molar-refractivity contribution < 1.29 is 9.90 Å². The number of nitrogens with zero attached hydrogens (tertiary/aromatic N) is 3. The van der Waals surface area contributed by atoms with E-state index in [0.29, 0.717) is 6.04 Å². The van der Waals surface area contributed by atoms with Crippen molar-refractivity contribution in [1.29, 1.82) is 0 Å². The van der Waals surface area contributed by atoms with E-state index in [0.717, 1.165) is 11.7 Å². The predicted molar refractivity (Wildman–Crippen MR) is 73.4 cm³/mol. The van der Waals surface area contributed by atoms with Gasteiger partial charge >= 0.3 is 5.97 Å². The predicted octanol–water partition coefficient (Wildman–Crippen LogP) is 2.58. The minimum atomic E-state index is -1.04. The molecular weight excluding hydrogens is 242 g/mol. The Labute approximate surface area is 113 Å². The maximum Gasteiger partial charge on any atom is 0.356 e. The van der Waals surface area contributed by atoms with Crippen LogP contribution in [-0.4, -0.2) is 34.1 Å². The van der Waals surface area contributed by atoms with Crippen molar-refractivity contribution in [2.45, 2.75) is 45.1 Å². The Kier molecular flexibility index (Phi) is 4.35. The van der Waals surface area contributed by atoms with Gasteiger partial charge in [-0.3, -0.25) is 0 Å². The summed E-state index contributed by atoms with van der Waals surface area (Å²) in [5.41, 5.74) is -0.00755. The summed E-state index contributed by atoms with van der Waals surface area (Å²) >= 11 is 0. The smallest absolute Gasteiger partial charge is 0.356 e. The molecule has 0 unspecified atom stereocenters. The second kappa shape index (κ2) is 5.99. The largest absolute Gasteiger partial charge is 0.476 e. The van der Waals surface area contributed by atoms with Crippen LogP contribution >= 0.6 is 0 Å². The van der Waals surface area contributed by atoms with Crippen molar-refractivity contribution in [1.82, 2.24) is 9.97 Å². The lowest BCUT2D eigenvalue weighted by atomic mass is 9.84. The van der Waals surface area contributed by atoms with Crippen LogP contribution in [0.15, 0.2) is 12.4 Å². The maximum atomic E-state index is 10.7. The highest BCUT2D eigenvalue weighted by Gasteiger charge is 2.24. The van der Waals surface area contributed by atoms with Gasteiger partial charge in [0.05, 0.1) is 12.4 Å². The van der Waals surface area contributed by atoms with E-state index < -0.39 is 5.97 Å². The fourth-order valence-electron chi connectivity index (χ4n) is 2.74. The average molecular weight is 263 g/mol. The van der Waals surface area contributed by atoms with Crippen molar-refractivity contribution in [3.8, 4) is 0 Å². The van der Waals surface area contributed by atoms with Crippen LogP contribution in [0.4, 0.5) is 5.82 Å². The molecule has 1 N–H and O–H groups in total. The molecular formula is C14H21N3O2. The molecule has 0 bridgehead atoms. The molecule has 2 rings (SSSR count). The van der Waals surface area contributed by atoms with Gasteiger partial charge in [-0.1, -0.05) is 13.3 Å². The number of rotatable bonds is 4. The van der Waals surface area contributed by atoms with Crippen LogP contribution in [0.3, 0.4) is 0 Å². The lowest BCUT2D eigenvalue weighted by Crippen LogP contribution is -2.35. The van der Waals surface area contributed by atoms with Gasteiger partial charge in [-0.25, -0.2) is 14.8 Å². The average Bonchev–Trinajstić information content (AvgIpc) is 2.46. The first-order valence-electron chi connectivity index (χ1n) is 6.90. The number of carbonyl (C=O) groups is 1. The van der Waals surface area contributed by atoms with E-state index >= 15 is 0 Å². The molecule has 0 saturated heterocycles. The van der Waals surface area contributed by atoms with Gasteiger partial charge in [0.2, 0.25) is 0 Å². The van der Waals surface area contributed by atoms with Crippen molar-refractivity contribution in [3.63, 3.8) is 0 Å². The van der Waals surface area contributed by atoms with E-state index in [9.17, 15) is 4.79 Å². The highest BCUT2D eigenvalue weighted by Crippen LogP contribution is 2.30. The normalized spacial score (nSPS) is 23.1. The molecule has 5 heteroatoms. The first kappa shape index (κ1) is 13.8. The number of hydrogen-bond donors (Lipinski definition) is 1. The zero-order valence-electron chi connectivity index (χ0n) is 11.5. The van der Waals surface area contributed by atoms with Gasteiger partial charge in [0.25, 0.3) is 0 Å².